The molecule has 0 unspecified atom stereocenters. The van der Waals surface area contributed by atoms with Crippen molar-refractivity contribution >= 4 is 61.2 Å². The standard InChI is InChI=1S/C21H26ClNO2S3/c1-12(2)19(13(3)4)25-21(24)17-11-15(7-8-18(17)22)23-20(28-26-6)16-9-10-27-14(16)5/h7-13,19H,1-6H3. The Balaban J connectivity index is 2.36. The highest BCUT2D eigenvalue weighted by atomic mass is 35.5. The molecule has 2 aromatic rings. The van der Waals surface area contributed by atoms with Gasteiger partial charge in [0, 0.05) is 10.4 Å². The van der Waals surface area contributed by atoms with Gasteiger partial charge in [-0.1, -0.05) is 50.1 Å². The molecule has 0 saturated carbocycles. The summed E-state index contributed by atoms with van der Waals surface area (Å²) in [7, 11) is 3.24. The first kappa shape index (κ1) is 23.3. The third-order valence-electron chi connectivity index (χ3n) is 4.21. The minimum absolute atomic E-state index is 0.160. The quantitative estimate of drug-likeness (QED) is 0.186. The summed E-state index contributed by atoms with van der Waals surface area (Å²) in [5.41, 5.74) is 2.15. The Bertz CT molecular complexity index is 838. The minimum atomic E-state index is -0.403. The fourth-order valence-corrected chi connectivity index (χ4v) is 5.32. The number of carbonyl (C=O) groups is 1. The van der Waals surface area contributed by atoms with Gasteiger partial charge in [0.1, 0.15) is 11.1 Å². The van der Waals surface area contributed by atoms with Crippen LogP contribution in [0, 0.1) is 18.8 Å². The van der Waals surface area contributed by atoms with Crippen molar-refractivity contribution in [3.8, 4) is 0 Å². The molecule has 0 aliphatic heterocycles. The van der Waals surface area contributed by atoms with Gasteiger partial charge in [-0.25, -0.2) is 9.79 Å². The summed E-state index contributed by atoms with van der Waals surface area (Å²) in [5, 5.41) is 3.35. The van der Waals surface area contributed by atoms with Crippen molar-refractivity contribution in [2.45, 2.75) is 40.7 Å². The molecule has 28 heavy (non-hydrogen) atoms. The molecule has 0 saturated heterocycles. The van der Waals surface area contributed by atoms with Crippen LogP contribution in [-0.4, -0.2) is 23.4 Å². The monoisotopic (exact) mass is 455 g/mol. The Kier molecular flexibility index (Phi) is 8.93. The maximum Gasteiger partial charge on any atom is 0.340 e. The van der Waals surface area contributed by atoms with Gasteiger partial charge in [-0.3, -0.25) is 0 Å². The van der Waals surface area contributed by atoms with Crippen molar-refractivity contribution in [1.29, 1.82) is 0 Å². The number of aryl methyl sites for hydroxylation is 1. The third kappa shape index (κ3) is 6.02. The van der Waals surface area contributed by atoms with Gasteiger partial charge in [0.05, 0.1) is 16.3 Å². The van der Waals surface area contributed by atoms with Crippen LogP contribution >= 0.6 is 44.5 Å². The van der Waals surface area contributed by atoms with E-state index in [0.717, 1.165) is 10.6 Å². The van der Waals surface area contributed by atoms with Crippen LogP contribution in [0.15, 0.2) is 34.6 Å². The SMILES string of the molecule is CSSC(=Nc1ccc(Cl)c(C(=O)OC(C(C)C)C(C)C)c1)c1ccsc1C. The third-order valence-corrected chi connectivity index (χ3v) is 6.99. The molecular formula is C21H26ClNO2S3. The van der Waals surface area contributed by atoms with Crippen LogP contribution in [0.25, 0.3) is 0 Å². The predicted octanol–water partition coefficient (Wildman–Crippen LogP) is 7.64. The Labute approximate surface area is 184 Å². The molecule has 0 radical (unpaired) electrons. The van der Waals surface area contributed by atoms with E-state index in [1.165, 1.54) is 4.88 Å². The lowest BCUT2D eigenvalue weighted by Gasteiger charge is -2.25. The van der Waals surface area contributed by atoms with Crippen LogP contribution in [0.5, 0.6) is 0 Å². The van der Waals surface area contributed by atoms with E-state index in [1.54, 1.807) is 45.1 Å². The highest BCUT2D eigenvalue weighted by molar-refractivity contribution is 8.82. The summed E-state index contributed by atoms with van der Waals surface area (Å²) in [6, 6.07) is 7.32. The van der Waals surface area contributed by atoms with E-state index in [-0.39, 0.29) is 17.9 Å². The van der Waals surface area contributed by atoms with Crippen LogP contribution in [0.1, 0.15) is 48.5 Å². The number of halogens is 1. The molecule has 3 nitrogen and oxygen atoms in total. The van der Waals surface area contributed by atoms with Gasteiger partial charge >= 0.3 is 5.97 Å². The molecule has 152 valence electrons. The van der Waals surface area contributed by atoms with Gasteiger partial charge in [0.2, 0.25) is 0 Å². The lowest BCUT2D eigenvalue weighted by atomic mass is 9.96. The molecule has 2 rings (SSSR count). The highest BCUT2D eigenvalue weighted by Gasteiger charge is 2.24. The zero-order valence-electron chi connectivity index (χ0n) is 17.0. The van der Waals surface area contributed by atoms with Gasteiger partial charge < -0.3 is 4.74 Å². The van der Waals surface area contributed by atoms with Gasteiger partial charge in [-0.15, -0.1) is 11.3 Å². The van der Waals surface area contributed by atoms with Crippen LogP contribution in [-0.2, 0) is 4.74 Å². The number of carbonyl (C=O) groups excluding carboxylic acids is 1. The Morgan fingerprint density at radius 2 is 1.82 bits per heavy atom. The highest BCUT2D eigenvalue weighted by Crippen LogP contribution is 2.32. The molecule has 1 aromatic heterocycles. The van der Waals surface area contributed by atoms with Crippen LogP contribution in [0.2, 0.25) is 5.02 Å². The van der Waals surface area contributed by atoms with Crippen LogP contribution in [0.3, 0.4) is 0 Å². The van der Waals surface area contributed by atoms with Crippen molar-refractivity contribution in [3.63, 3.8) is 0 Å². The van der Waals surface area contributed by atoms with Crippen molar-refractivity contribution in [3.05, 3.63) is 50.7 Å². The number of aliphatic imine (C=N–C) groups is 1. The second-order valence-electron chi connectivity index (χ2n) is 7.08. The first-order valence-electron chi connectivity index (χ1n) is 9.09. The number of thiophene rings is 1. The molecule has 0 aliphatic rings. The number of benzene rings is 1. The van der Waals surface area contributed by atoms with E-state index in [4.69, 9.17) is 21.3 Å². The molecule has 0 atom stereocenters. The maximum atomic E-state index is 12.8. The Hall–Kier alpha value is -0.950. The molecule has 0 amide bonds. The minimum Gasteiger partial charge on any atom is -0.458 e. The van der Waals surface area contributed by atoms with Gasteiger partial charge in [-0.2, -0.15) is 0 Å². The zero-order chi connectivity index (χ0) is 20.8. The average molecular weight is 456 g/mol. The van der Waals surface area contributed by atoms with Crippen molar-refractivity contribution < 1.29 is 9.53 Å². The molecule has 0 bridgehead atoms. The molecule has 1 heterocycles. The summed E-state index contributed by atoms with van der Waals surface area (Å²) in [6.07, 6.45) is 1.86. The van der Waals surface area contributed by atoms with Crippen LogP contribution in [0.4, 0.5) is 5.69 Å². The summed E-state index contributed by atoms with van der Waals surface area (Å²) in [4.78, 5) is 18.8. The molecule has 0 spiro atoms. The number of hydrogen-bond acceptors (Lipinski definition) is 6. The van der Waals surface area contributed by atoms with Crippen molar-refractivity contribution in [2.75, 3.05) is 6.26 Å². The molecule has 0 N–H and O–H groups in total. The molecular weight excluding hydrogens is 430 g/mol. The maximum absolute atomic E-state index is 12.8. The average Bonchev–Trinajstić information content (AvgIpc) is 3.06. The Morgan fingerprint density at radius 1 is 1.14 bits per heavy atom. The van der Waals surface area contributed by atoms with E-state index in [0.29, 0.717) is 16.3 Å². The smallest absolute Gasteiger partial charge is 0.340 e. The molecule has 0 fully saturated rings. The number of hydrogen-bond donors (Lipinski definition) is 0. The summed E-state index contributed by atoms with van der Waals surface area (Å²) >= 11 is 7.99. The topological polar surface area (TPSA) is 38.7 Å². The van der Waals surface area contributed by atoms with Crippen molar-refractivity contribution in [1.82, 2.24) is 0 Å². The number of rotatable bonds is 7. The lowest BCUT2D eigenvalue weighted by Crippen LogP contribution is -2.28. The largest absolute Gasteiger partial charge is 0.458 e. The number of nitrogens with zero attached hydrogens (tertiary/aromatic N) is 1. The Morgan fingerprint density at radius 3 is 2.36 bits per heavy atom. The molecule has 0 aliphatic carbocycles. The number of esters is 1. The fourth-order valence-electron chi connectivity index (χ4n) is 2.90. The van der Waals surface area contributed by atoms with Gasteiger partial charge in [0.25, 0.3) is 0 Å². The van der Waals surface area contributed by atoms with E-state index in [2.05, 4.69) is 46.1 Å². The van der Waals surface area contributed by atoms with Gasteiger partial charge in [0.15, 0.2) is 0 Å². The van der Waals surface area contributed by atoms with Crippen LogP contribution < -0.4 is 0 Å². The first-order chi connectivity index (χ1) is 13.2. The van der Waals surface area contributed by atoms with Gasteiger partial charge in [-0.05, 0) is 65.5 Å². The van der Waals surface area contributed by atoms with Crippen molar-refractivity contribution in [2.24, 2.45) is 16.8 Å². The fraction of sp³-hybridized carbons (Fsp3) is 0.429. The second kappa shape index (κ2) is 10.7. The van der Waals surface area contributed by atoms with E-state index >= 15 is 0 Å². The summed E-state index contributed by atoms with van der Waals surface area (Å²) < 4.78 is 5.76. The number of ether oxygens (including phenoxy) is 1. The zero-order valence-corrected chi connectivity index (χ0v) is 20.2. The lowest BCUT2D eigenvalue weighted by molar-refractivity contribution is 0.00326. The summed E-state index contributed by atoms with van der Waals surface area (Å²) in [5.74, 6) is 0.0605. The normalized spacial score (nSPS) is 12.3. The van der Waals surface area contributed by atoms with E-state index < -0.39 is 5.97 Å². The first-order valence-corrected chi connectivity index (χ1v) is 12.9. The molecule has 1 aromatic carbocycles. The predicted molar refractivity (Wildman–Crippen MR) is 127 cm³/mol. The second-order valence-corrected chi connectivity index (χ2v) is 11.0. The summed E-state index contributed by atoms with van der Waals surface area (Å²) in [6.45, 7) is 10.3. The molecule has 7 heteroatoms. The van der Waals surface area contributed by atoms with E-state index in [9.17, 15) is 4.79 Å². The van der Waals surface area contributed by atoms with E-state index in [1.807, 2.05) is 12.3 Å².